The Labute approximate surface area is 79.4 Å². The van der Waals surface area contributed by atoms with E-state index in [1.165, 1.54) is 25.7 Å². The number of allylic oxidation sites excluding steroid dienone is 1. The van der Waals surface area contributed by atoms with Gasteiger partial charge in [0.25, 0.3) is 0 Å². The van der Waals surface area contributed by atoms with Crippen LogP contribution in [0.5, 0.6) is 0 Å². The fourth-order valence-corrected chi connectivity index (χ4v) is 1.90. The first-order valence-corrected chi connectivity index (χ1v) is 5.24. The van der Waals surface area contributed by atoms with E-state index in [4.69, 9.17) is 0 Å². The maximum absolute atomic E-state index is 11.3. The van der Waals surface area contributed by atoms with Crippen LogP contribution in [0.3, 0.4) is 0 Å². The summed E-state index contributed by atoms with van der Waals surface area (Å²) in [5, 5.41) is 3.12. The van der Waals surface area contributed by atoms with Crippen molar-refractivity contribution in [2.75, 3.05) is 0 Å². The average molecular weight is 179 g/mol. The van der Waals surface area contributed by atoms with Gasteiger partial charge in [0.15, 0.2) is 0 Å². The Balaban J connectivity index is 1.85. The molecule has 0 aromatic rings. The Morgan fingerprint density at radius 3 is 2.23 bits per heavy atom. The summed E-state index contributed by atoms with van der Waals surface area (Å²) in [5.74, 6) is 1.68. The predicted molar refractivity (Wildman–Crippen MR) is 52.2 cm³/mol. The minimum absolute atomic E-state index is 0.0892. The largest absolute Gasteiger partial charge is 0.349 e. The van der Waals surface area contributed by atoms with E-state index in [1.54, 1.807) is 12.2 Å². The fourth-order valence-electron chi connectivity index (χ4n) is 1.90. The van der Waals surface area contributed by atoms with E-state index in [0.29, 0.717) is 6.04 Å². The standard InChI is InChI=1S/C11H17NO/c1-2-3-10(13)12-11(8-4-5-8)9-6-7-9/h2-3,8-9,11H,4-7H2,1H3,(H,12,13). The fraction of sp³-hybridized carbons (Fsp3) is 0.727. The zero-order valence-electron chi connectivity index (χ0n) is 8.12. The third-order valence-corrected chi connectivity index (χ3v) is 2.89. The summed E-state index contributed by atoms with van der Waals surface area (Å²) in [7, 11) is 0. The molecule has 0 unspecified atom stereocenters. The Hall–Kier alpha value is -0.790. The summed E-state index contributed by atoms with van der Waals surface area (Å²) in [4.78, 5) is 11.3. The first-order chi connectivity index (χ1) is 6.31. The lowest BCUT2D eigenvalue weighted by Crippen LogP contribution is -2.37. The monoisotopic (exact) mass is 179 g/mol. The van der Waals surface area contributed by atoms with Crippen molar-refractivity contribution in [2.45, 2.75) is 38.6 Å². The second-order valence-corrected chi connectivity index (χ2v) is 4.21. The number of amides is 1. The van der Waals surface area contributed by atoms with Crippen molar-refractivity contribution >= 4 is 5.91 Å². The molecule has 0 aromatic carbocycles. The van der Waals surface area contributed by atoms with Crippen molar-refractivity contribution in [3.8, 4) is 0 Å². The normalized spacial score (nSPS) is 22.6. The summed E-state index contributed by atoms with van der Waals surface area (Å²) < 4.78 is 0. The van der Waals surface area contributed by atoms with E-state index >= 15 is 0 Å². The summed E-state index contributed by atoms with van der Waals surface area (Å²) in [6, 6.07) is 0.490. The minimum Gasteiger partial charge on any atom is -0.349 e. The molecule has 1 amide bonds. The molecule has 2 aliphatic rings. The van der Waals surface area contributed by atoms with Gasteiger partial charge in [0.05, 0.1) is 0 Å². The van der Waals surface area contributed by atoms with Gasteiger partial charge in [0.1, 0.15) is 0 Å². The van der Waals surface area contributed by atoms with Crippen LogP contribution in [0, 0.1) is 11.8 Å². The molecule has 0 aliphatic heterocycles. The number of hydrogen-bond donors (Lipinski definition) is 1. The first kappa shape index (κ1) is 8.79. The topological polar surface area (TPSA) is 29.1 Å². The molecule has 2 aliphatic carbocycles. The Bertz CT molecular complexity index is 214. The Morgan fingerprint density at radius 2 is 1.85 bits per heavy atom. The molecule has 0 bridgehead atoms. The summed E-state index contributed by atoms with van der Waals surface area (Å²) >= 11 is 0. The molecule has 0 atom stereocenters. The van der Waals surface area contributed by atoms with E-state index in [1.807, 2.05) is 6.92 Å². The van der Waals surface area contributed by atoms with Gasteiger partial charge in [-0.1, -0.05) is 6.08 Å². The summed E-state index contributed by atoms with van der Waals surface area (Å²) in [6.45, 7) is 1.88. The maximum atomic E-state index is 11.3. The highest BCUT2D eigenvalue weighted by atomic mass is 16.1. The summed E-state index contributed by atoms with van der Waals surface area (Å²) in [5.41, 5.74) is 0. The Kier molecular flexibility index (Phi) is 2.38. The number of carbonyl (C=O) groups is 1. The van der Waals surface area contributed by atoms with Crippen LogP contribution < -0.4 is 5.32 Å². The second-order valence-electron chi connectivity index (χ2n) is 4.21. The maximum Gasteiger partial charge on any atom is 0.243 e. The van der Waals surface area contributed by atoms with Crippen molar-refractivity contribution in [3.63, 3.8) is 0 Å². The third kappa shape index (κ3) is 2.33. The van der Waals surface area contributed by atoms with Crippen LogP contribution in [0.15, 0.2) is 12.2 Å². The molecule has 0 saturated heterocycles. The van der Waals surface area contributed by atoms with Gasteiger partial charge in [-0.2, -0.15) is 0 Å². The van der Waals surface area contributed by atoms with Crippen LogP contribution in [0.4, 0.5) is 0 Å². The van der Waals surface area contributed by atoms with Gasteiger partial charge < -0.3 is 5.32 Å². The lowest BCUT2D eigenvalue weighted by atomic mass is 10.1. The van der Waals surface area contributed by atoms with Gasteiger partial charge >= 0.3 is 0 Å². The van der Waals surface area contributed by atoms with Gasteiger partial charge in [0.2, 0.25) is 5.91 Å². The van der Waals surface area contributed by atoms with Crippen LogP contribution in [-0.4, -0.2) is 11.9 Å². The molecule has 2 rings (SSSR count). The van der Waals surface area contributed by atoms with E-state index in [0.717, 1.165) is 11.8 Å². The number of rotatable bonds is 4. The van der Waals surface area contributed by atoms with Crippen molar-refractivity contribution in [1.29, 1.82) is 0 Å². The molecule has 2 nitrogen and oxygen atoms in total. The molecule has 72 valence electrons. The van der Waals surface area contributed by atoms with Gasteiger partial charge in [-0.25, -0.2) is 0 Å². The van der Waals surface area contributed by atoms with E-state index in [-0.39, 0.29) is 5.91 Å². The van der Waals surface area contributed by atoms with Crippen LogP contribution in [0.25, 0.3) is 0 Å². The molecular weight excluding hydrogens is 162 g/mol. The third-order valence-electron chi connectivity index (χ3n) is 2.89. The molecular formula is C11H17NO. The molecule has 2 saturated carbocycles. The zero-order chi connectivity index (χ0) is 9.26. The smallest absolute Gasteiger partial charge is 0.243 e. The first-order valence-electron chi connectivity index (χ1n) is 5.24. The number of hydrogen-bond acceptors (Lipinski definition) is 1. The van der Waals surface area contributed by atoms with Crippen molar-refractivity contribution in [1.82, 2.24) is 5.32 Å². The van der Waals surface area contributed by atoms with E-state index in [2.05, 4.69) is 5.32 Å². The van der Waals surface area contributed by atoms with Crippen molar-refractivity contribution in [2.24, 2.45) is 11.8 Å². The minimum atomic E-state index is 0.0892. The summed E-state index contributed by atoms with van der Waals surface area (Å²) in [6.07, 6.45) is 8.69. The molecule has 0 heterocycles. The van der Waals surface area contributed by atoms with E-state index in [9.17, 15) is 4.79 Å². The van der Waals surface area contributed by atoms with Gasteiger partial charge in [-0.05, 0) is 50.5 Å². The highest BCUT2D eigenvalue weighted by Crippen LogP contribution is 2.44. The van der Waals surface area contributed by atoms with Crippen LogP contribution in [-0.2, 0) is 4.79 Å². The zero-order valence-corrected chi connectivity index (χ0v) is 8.12. The quantitative estimate of drug-likeness (QED) is 0.656. The lowest BCUT2D eigenvalue weighted by molar-refractivity contribution is -0.117. The van der Waals surface area contributed by atoms with Gasteiger partial charge in [0, 0.05) is 6.04 Å². The second kappa shape index (κ2) is 3.52. The lowest BCUT2D eigenvalue weighted by Gasteiger charge is -2.15. The van der Waals surface area contributed by atoms with Crippen LogP contribution >= 0.6 is 0 Å². The van der Waals surface area contributed by atoms with Crippen molar-refractivity contribution < 1.29 is 4.79 Å². The Morgan fingerprint density at radius 1 is 1.31 bits per heavy atom. The van der Waals surface area contributed by atoms with Crippen LogP contribution in [0.1, 0.15) is 32.6 Å². The molecule has 0 aromatic heterocycles. The molecule has 1 N–H and O–H groups in total. The molecule has 0 spiro atoms. The highest BCUT2D eigenvalue weighted by molar-refractivity contribution is 5.87. The van der Waals surface area contributed by atoms with E-state index < -0.39 is 0 Å². The molecule has 13 heavy (non-hydrogen) atoms. The number of nitrogens with one attached hydrogen (secondary N) is 1. The van der Waals surface area contributed by atoms with Gasteiger partial charge in [-0.15, -0.1) is 0 Å². The average Bonchev–Trinajstić information content (AvgIpc) is 2.95. The van der Waals surface area contributed by atoms with Gasteiger partial charge in [-0.3, -0.25) is 4.79 Å². The number of carbonyl (C=O) groups excluding carboxylic acids is 1. The molecule has 2 fully saturated rings. The predicted octanol–water partition coefficient (Wildman–Crippen LogP) is 1.87. The van der Waals surface area contributed by atoms with Crippen molar-refractivity contribution in [3.05, 3.63) is 12.2 Å². The SMILES string of the molecule is CC=CC(=O)NC(C1CC1)C1CC1. The molecule has 2 heteroatoms. The molecule has 0 radical (unpaired) electrons. The van der Waals surface area contributed by atoms with Crippen LogP contribution in [0.2, 0.25) is 0 Å². The highest BCUT2D eigenvalue weighted by Gasteiger charge is 2.41.